The van der Waals surface area contributed by atoms with Gasteiger partial charge in [0.2, 0.25) is 0 Å². The second kappa shape index (κ2) is 2.50. The molecule has 0 aromatic heterocycles. The summed E-state index contributed by atoms with van der Waals surface area (Å²) < 4.78 is 10.6. The van der Waals surface area contributed by atoms with E-state index in [9.17, 15) is 9.59 Å². The lowest BCUT2D eigenvalue weighted by molar-refractivity contribution is -0.147. The van der Waals surface area contributed by atoms with E-state index < -0.39 is 5.60 Å². The number of hydrogen-bond donors (Lipinski definition) is 0. The van der Waals surface area contributed by atoms with E-state index in [-0.39, 0.29) is 23.3 Å². The second-order valence-corrected chi connectivity index (χ2v) is 5.15. The average molecular weight is 222 g/mol. The Kier molecular flexibility index (Phi) is 1.54. The maximum absolute atomic E-state index is 11.1. The van der Waals surface area contributed by atoms with E-state index in [2.05, 4.69) is 6.92 Å². The molecule has 0 N–H and O–H groups in total. The van der Waals surface area contributed by atoms with Crippen molar-refractivity contribution in [2.75, 3.05) is 0 Å². The molecule has 3 rings (SSSR count). The first-order valence-electron chi connectivity index (χ1n) is 5.52. The highest BCUT2D eigenvalue weighted by Gasteiger charge is 2.89. The lowest BCUT2D eigenvalue weighted by atomic mass is 9.74. The van der Waals surface area contributed by atoms with E-state index in [1.807, 2.05) is 6.08 Å². The first kappa shape index (κ1) is 9.87. The van der Waals surface area contributed by atoms with Crippen LogP contribution in [0.15, 0.2) is 11.8 Å². The van der Waals surface area contributed by atoms with Gasteiger partial charge in [0.1, 0.15) is 11.4 Å². The molecule has 16 heavy (non-hydrogen) atoms. The normalized spacial score (nSPS) is 46.3. The van der Waals surface area contributed by atoms with Crippen molar-refractivity contribution in [1.29, 1.82) is 0 Å². The fraction of sp³-hybridized carbons (Fsp3) is 0.667. The third-order valence-corrected chi connectivity index (χ3v) is 4.47. The lowest BCUT2D eigenvalue weighted by Gasteiger charge is -2.31. The largest absolute Gasteiger partial charge is 0.454 e. The van der Waals surface area contributed by atoms with Crippen LogP contribution < -0.4 is 0 Å². The Balaban J connectivity index is 1.89. The Labute approximate surface area is 93.6 Å². The third kappa shape index (κ3) is 0.829. The summed E-state index contributed by atoms with van der Waals surface area (Å²) in [6, 6.07) is 0. The summed E-state index contributed by atoms with van der Waals surface area (Å²) in [7, 11) is 0. The van der Waals surface area contributed by atoms with E-state index in [1.54, 1.807) is 0 Å². The molecule has 0 spiro atoms. The molecule has 2 unspecified atom stereocenters. The zero-order valence-electron chi connectivity index (χ0n) is 9.57. The van der Waals surface area contributed by atoms with Gasteiger partial charge < -0.3 is 9.47 Å². The quantitative estimate of drug-likeness (QED) is 0.663. The van der Waals surface area contributed by atoms with E-state index >= 15 is 0 Å². The second-order valence-electron chi connectivity index (χ2n) is 5.15. The minimum atomic E-state index is -0.478. The molecule has 2 fully saturated rings. The van der Waals surface area contributed by atoms with E-state index in [4.69, 9.17) is 9.47 Å². The maximum Gasteiger partial charge on any atom is 0.307 e. The zero-order chi connectivity index (χ0) is 11.7. The molecule has 86 valence electrons. The Bertz CT molecular complexity index is 438. The van der Waals surface area contributed by atoms with Gasteiger partial charge in [-0.25, -0.2) is 0 Å². The number of hydrogen-bond acceptors (Lipinski definition) is 4. The van der Waals surface area contributed by atoms with E-state index in [1.165, 1.54) is 13.8 Å². The summed E-state index contributed by atoms with van der Waals surface area (Å²) in [5.74, 6) is 0.792. The standard InChI is InChI=1S/C12H14O4/c1-6(13)15-9-5-12(16-7(2)14)10-4-8(9)11(10,12)3/h5,8,10H,4H2,1-3H3/t8-,10-,11?,12?/m1/s1. The van der Waals surface area contributed by atoms with Gasteiger partial charge >= 0.3 is 11.9 Å². The van der Waals surface area contributed by atoms with Crippen LogP contribution in [0, 0.1) is 17.3 Å². The van der Waals surface area contributed by atoms with Crippen molar-refractivity contribution in [2.45, 2.75) is 32.8 Å². The monoisotopic (exact) mass is 222 g/mol. The Hall–Kier alpha value is -1.32. The van der Waals surface area contributed by atoms with Crippen molar-refractivity contribution < 1.29 is 19.1 Å². The SMILES string of the molecule is CC(=O)OC1=CC2(OC(C)=O)[C@@H]3C[C@H]1C32C. The van der Waals surface area contributed by atoms with E-state index in [0.717, 1.165) is 6.42 Å². The van der Waals surface area contributed by atoms with Crippen LogP contribution in [-0.2, 0) is 19.1 Å². The van der Waals surface area contributed by atoms with Crippen molar-refractivity contribution in [3.63, 3.8) is 0 Å². The number of carbonyl (C=O) groups is 2. The zero-order valence-corrected chi connectivity index (χ0v) is 9.57. The summed E-state index contributed by atoms with van der Waals surface area (Å²) in [6.45, 7) is 4.91. The van der Waals surface area contributed by atoms with Gasteiger partial charge in [-0.3, -0.25) is 9.59 Å². The van der Waals surface area contributed by atoms with Crippen LogP contribution in [0.5, 0.6) is 0 Å². The smallest absolute Gasteiger partial charge is 0.307 e. The molecule has 4 heteroatoms. The topological polar surface area (TPSA) is 52.6 Å². The molecule has 2 saturated carbocycles. The lowest BCUT2D eigenvalue weighted by Crippen LogP contribution is -2.28. The first-order chi connectivity index (χ1) is 7.42. The van der Waals surface area contributed by atoms with Gasteiger partial charge in [0.05, 0.1) is 0 Å². The predicted molar refractivity (Wildman–Crippen MR) is 54.1 cm³/mol. The fourth-order valence-corrected chi connectivity index (χ4v) is 3.68. The molecular formula is C12H14O4. The van der Waals surface area contributed by atoms with Gasteiger partial charge in [0.25, 0.3) is 0 Å². The summed E-state index contributed by atoms with van der Waals surface area (Å²) in [5.41, 5.74) is -0.488. The molecule has 0 saturated heterocycles. The summed E-state index contributed by atoms with van der Waals surface area (Å²) in [4.78, 5) is 22.1. The highest BCUT2D eigenvalue weighted by Crippen LogP contribution is 2.84. The van der Waals surface area contributed by atoms with Crippen LogP contribution in [0.2, 0.25) is 0 Å². The number of carbonyl (C=O) groups excluding carboxylic acids is 2. The molecule has 0 radical (unpaired) electrons. The van der Waals surface area contributed by atoms with Crippen molar-refractivity contribution in [3.05, 3.63) is 11.8 Å². The molecule has 0 bridgehead atoms. The van der Waals surface area contributed by atoms with Crippen LogP contribution >= 0.6 is 0 Å². The minimum Gasteiger partial charge on any atom is -0.454 e. The van der Waals surface area contributed by atoms with Crippen LogP contribution in [0.3, 0.4) is 0 Å². The number of ether oxygens (including phenoxy) is 2. The van der Waals surface area contributed by atoms with E-state index in [0.29, 0.717) is 11.7 Å². The number of fused-ring (bicyclic) bond motifs is 1. The van der Waals surface area contributed by atoms with Gasteiger partial charge in [0.15, 0.2) is 0 Å². The molecule has 0 aromatic rings. The van der Waals surface area contributed by atoms with Gasteiger partial charge in [-0.1, -0.05) is 6.92 Å². The van der Waals surface area contributed by atoms with Crippen LogP contribution in [0.25, 0.3) is 0 Å². The highest BCUT2D eigenvalue weighted by molar-refractivity contribution is 5.71. The maximum atomic E-state index is 11.1. The first-order valence-corrected chi connectivity index (χ1v) is 5.52. The van der Waals surface area contributed by atoms with Gasteiger partial charge in [-0.05, 0) is 12.5 Å². The molecular weight excluding hydrogens is 208 g/mol. The van der Waals surface area contributed by atoms with Crippen LogP contribution in [-0.4, -0.2) is 17.5 Å². The summed E-state index contributed by atoms with van der Waals surface area (Å²) in [5, 5.41) is 0. The van der Waals surface area contributed by atoms with Crippen molar-refractivity contribution in [1.82, 2.24) is 0 Å². The Morgan fingerprint density at radius 2 is 2.06 bits per heavy atom. The number of esters is 2. The average Bonchev–Trinajstić information content (AvgIpc) is 2.38. The molecule has 0 aromatic carbocycles. The Morgan fingerprint density at radius 1 is 1.38 bits per heavy atom. The van der Waals surface area contributed by atoms with Gasteiger partial charge in [0, 0.05) is 31.1 Å². The van der Waals surface area contributed by atoms with Crippen molar-refractivity contribution in [2.24, 2.45) is 17.3 Å². The Morgan fingerprint density at radius 3 is 2.62 bits per heavy atom. The fourth-order valence-electron chi connectivity index (χ4n) is 3.68. The molecule has 0 heterocycles. The van der Waals surface area contributed by atoms with Crippen molar-refractivity contribution in [3.8, 4) is 0 Å². The molecule has 4 nitrogen and oxygen atoms in total. The molecule has 3 aliphatic rings. The third-order valence-electron chi connectivity index (χ3n) is 4.47. The predicted octanol–water partition coefficient (Wildman–Crippen LogP) is 1.40. The number of allylic oxidation sites excluding steroid dienone is 1. The molecule has 3 aliphatic carbocycles. The van der Waals surface area contributed by atoms with Crippen molar-refractivity contribution >= 4 is 11.9 Å². The minimum absolute atomic E-state index is 0.0105. The summed E-state index contributed by atoms with van der Waals surface area (Å²) >= 11 is 0. The van der Waals surface area contributed by atoms with Gasteiger partial charge in [-0.2, -0.15) is 0 Å². The molecule has 0 aliphatic heterocycles. The molecule has 4 atom stereocenters. The van der Waals surface area contributed by atoms with Gasteiger partial charge in [-0.15, -0.1) is 0 Å². The summed E-state index contributed by atoms with van der Waals surface area (Å²) in [6.07, 6.45) is 2.80. The number of rotatable bonds is 2. The molecule has 0 amide bonds. The van der Waals surface area contributed by atoms with Crippen LogP contribution in [0.4, 0.5) is 0 Å². The highest BCUT2D eigenvalue weighted by atomic mass is 16.6. The van der Waals surface area contributed by atoms with Crippen LogP contribution in [0.1, 0.15) is 27.2 Å².